The lowest BCUT2D eigenvalue weighted by Gasteiger charge is -2.26. The van der Waals surface area contributed by atoms with Gasteiger partial charge in [0.2, 0.25) is 0 Å². The lowest BCUT2D eigenvalue weighted by atomic mass is 9.84. The molecule has 1 fully saturated rings. The van der Waals surface area contributed by atoms with Crippen LogP contribution >= 0.6 is 0 Å². The number of methoxy groups -OCH3 is 1. The summed E-state index contributed by atoms with van der Waals surface area (Å²) in [7, 11) is 1.60. The van der Waals surface area contributed by atoms with E-state index < -0.39 is 17.7 Å². The second kappa shape index (κ2) is 13.0. The molecule has 1 N–H and O–H groups in total. The van der Waals surface area contributed by atoms with Gasteiger partial charge in [-0.1, -0.05) is 63.2 Å². The van der Waals surface area contributed by atoms with Crippen molar-refractivity contribution in [2.45, 2.75) is 52.2 Å². The first-order valence-electron chi connectivity index (χ1n) is 14.0. The number of ketones is 1. The van der Waals surface area contributed by atoms with Crippen LogP contribution in [0.25, 0.3) is 5.76 Å². The number of amides is 1. The standard InChI is InChI=1S/C34H39NO6/c1-6-40-28-17-16-25(21-27(28)34(2,3)4)31(36)29-30(35(18-11-19-39-5)33(38)32(29)37)24-14-10-15-26(20-24)41-22-23-12-8-7-9-13-23/h7-10,12-17,20-21,30,36H,6,11,18-19,22H2,1-5H3/b31-29+. The van der Waals surface area contributed by atoms with E-state index in [9.17, 15) is 14.7 Å². The Hall–Kier alpha value is -4.10. The molecule has 7 nitrogen and oxygen atoms in total. The first-order valence-corrected chi connectivity index (χ1v) is 14.0. The average Bonchev–Trinajstić information content (AvgIpc) is 3.21. The molecule has 0 saturated carbocycles. The predicted octanol–water partition coefficient (Wildman–Crippen LogP) is 6.42. The smallest absolute Gasteiger partial charge is 0.295 e. The van der Waals surface area contributed by atoms with Gasteiger partial charge in [0, 0.05) is 31.4 Å². The third-order valence-corrected chi connectivity index (χ3v) is 7.07. The molecule has 1 atom stereocenters. The van der Waals surface area contributed by atoms with Gasteiger partial charge in [0.1, 0.15) is 23.9 Å². The largest absolute Gasteiger partial charge is 0.507 e. The fourth-order valence-corrected chi connectivity index (χ4v) is 5.05. The van der Waals surface area contributed by atoms with Gasteiger partial charge in [-0.3, -0.25) is 9.59 Å². The fraction of sp³-hybridized carbons (Fsp3) is 0.353. The normalized spacial score (nSPS) is 16.7. The zero-order chi connectivity index (χ0) is 29.6. The van der Waals surface area contributed by atoms with Crippen molar-refractivity contribution in [2.24, 2.45) is 0 Å². The molecule has 1 heterocycles. The summed E-state index contributed by atoms with van der Waals surface area (Å²) < 4.78 is 17.1. The predicted molar refractivity (Wildman–Crippen MR) is 159 cm³/mol. The third kappa shape index (κ3) is 6.80. The Labute approximate surface area is 242 Å². The molecule has 0 bridgehead atoms. The van der Waals surface area contributed by atoms with Crippen LogP contribution in [0.4, 0.5) is 0 Å². The van der Waals surface area contributed by atoms with E-state index in [2.05, 4.69) is 20.8 Å². The Kier molecular flexibility index (Phi) is 9.50. The van der Waals surface area contributed by atoms with Crippen molar-refractivity contribution in [1.82, 2.24) is 4.90 Å². The molecule has 0 aliphatic carbocycles. The SMILES string of the molecule is CCOc1ccc(/C(O)=C2\C(=O)C(=O)N(CCCOC)C2c2cccc(OCc3ccccc3)c2)cc1C(C)(C)C. The maximum atomic E-state index is 13.5. The van der Waals surface area contributed by atoms with Crippen LogP contribution in [-0.4, -0.2) is 48.6 Å². The summed E-state index contributed by atoms with van der Waals surface area (Å²) >= 11 is 0. The molecule has 1 amide bonds. The number of hydrogen-bond acceptors (Lipinski definition) is 6. The second-order valence-electron chi connectivity index (χ2n) is 11.1. The van der Waals surface area contributed by atoms with Gasteiger partial charge in [0.15, 0.2) is 0 Å². The van der Waals surface area contributed by atoms with Gasteiger partial charge in [-0.25, -0.2) is 0 Å². The number of rotatable bonds is 11. The minimum Gasteiger partial charge on any atom is -0.507 e. The van der Waals surface area contributed by atoms with Crippen molar-refractivity contribution in [3.8, 4) is 11.5 Å². The van der Waals surface area contributed by atoms with Crippen molar-refractivity contribution in [3.63, 3.8) is 0 Å². The first kappa shape index (κ1) is 29.9. The molecule has 41 heavy (non-hydrogen) atoms. The number of nitrogens with zero attached hydrogens (tertiary/aromatic N) is 1. The van der Waals surface area contributed by atoms with Gasteiger partial charge in [-0.2, -0.15) is 0 Å². The van der Waals surface area contributed by atoms with Gasteiger partial charge in [0.05, 0.1) is 18.2 Å². The minimum absolute atomic E-state index is 0.0524. The van der Waals surface area contributed by atoms with E-state index in [1.807, 2.05) is 67.6 Å². The van der Waals surface area contributed by atoms with Crippen LogP contribution < -0.4 is 9.47 Å². The molecule has 0 aromatic heterocycles. The van der Waals surface area contributed by atoms with Crippen molar-refractivity contribution in [2.75, 3.05) is 26.9 Å². The Morgan fingerprint density at radius 1 is 0.951 bits per heavy atom. The van der Waals surface area contributed by atoms with Gasteiger partial charge < -0.3 is 24.2 Å². The quantitative estimate of drug-likeness (QED) is 0.127. The summed E-state index contributed by atoms with van der Waals surface area (Å²) in [5.41, 5.74) is 2.82. The maximum Gasteiger partial charge on any atom is 0.295 e. The van der Waals surface area contributed by atoms with E-state index in [-0.39, 0.29) is 16.7 Å². The molecule has 3 aromatic carbocycles. The number of carbonyl (C=O) groups excluding carboxylic acids is 2. The van der Waals surface area contributed by atoms with Crippen LogP contribution in [0.3, 0.4) is 0 Å². The Bertz CT molecular complexity index is 1410. The molecule has 1 aliphatic rings. The second-order valence-corrected chi connectivity index (χ2v) is 11.1. The zero-order valence-corrected chi connectivity index (χ0v) is 24.5. The number of benzene rings is 3. The molecule has 3 aromatic rings. The number of carbonyl (C=O) groups is 2. The summed E-state index contributed by atoms with van der Waals surface area (Å²) in [4.78, 5) is 28.3. The van der Waals surface area contributed by atoms with Crippen molar-refractivity contribution < 1.29 is 28.9 Å². The Balaban J connectivity index is 1.78. The van der Waals surface area contributed by atoms with Gasteiger partial charge in [0.25, 0.3) is 11.7 Å². The van der Waals surface area contributed by atoms with Gasteiger partial charge in [-0.15, -0.1) is 0 Å². The maximum absolute atomic E-state index is 13.5. The highest BCUT2D eigenvalue weighted by Crippen LogP contribution is 2.42. The summed E-state index contributed by atoms with van der Waals surface area (Å²) in [6.07, 6.45) is 0.543. The van der Waals surface area contributed by atoms with E-state index in [0.29, 0.717) is 49.7 Å². The third-order valence-electron chi connectivity index (χ3n) is 7.07. The number of likely N-dealkylation sites (tertiary alicyclic amines) is 1. The highest BCUT2D eigenvalue weighted by Gasteiger charge is 2.46. The highest BCUT2D eigenvalue weighted by molar-refractivity contribution is 6.46. The summed E-state index contributed by atoms with van der Waals surface area (Å²) in [5.74, 6) is -0.259. The van der Waals surface area contributed by atoms with Crippen LogP contribution in [-0.2, 0) is 26.3 Å². The Morgan fingerprint density at radius 3 is 2.39 bits per heavy atom. The lowest BCUT2D eigenvalue weighted by molar-refractivity contribution is -0.140. The fourth-order valence-electron chi connectivity index (χ4n) is 5.05. The molecule has 1 unspecified atom stereocenters. The van der Waals surface area contributed by atoms with Crippen LogP contribution in [0.15, 0.2) is 78.4 Å². The van der Waals surface area contributed by atoms with Crippen molar-refractivity contribution >= 4 is 17.4 Å². The molecule has 0 radical (unpaired) electrons. The molecular formula is C34H39NO6. The number of aliphatic hydroxyl groups is 1. The lowest BCUT2D eigenvalue weighted by Crippen LogP contribution is -2.31. The molecule has 1 saturated heterocycles. The zero-order valence-electron chi connectivity index (χ0n) is 24.5. The van der Waals surface area contributed by atoms with Crippen LogP contribution in [0.5, 0.6) is 11.5 Å². The van der Waals surface area contributed by atoms with Crippen molar-refractivity contribution in [1.29, 1.82) is 0 Å². The molecule has 4 rings (SSSR count). The van der Waals surface area contributed by atoms with Gasteiger partial charge in [-0.05, 0) is 60.2 Å². The summed E-state index contributed by atoms with van der Waals surface area (Å²) in [6, 6.07) is 21.8. The van der Waals surface area contributed by atoms with E-state index in [4.69, 9.17) is 14.2 Å². The monoisotopic (exact) mass is 557 g/mol. The molecule has 1 aliphatic heterocycles. The van der Waals surface area contributed by atoms with E-state index in [1.165, 1.54) is 4.90 Å². The van der Waals surface area contributed by atoms with Crippen LogP contribution in [0, 0.1) is 0 Å². The first-order chi connectivity index (χ1) is 19.7. The highest BCUT2D eigenvalue weighted by atomic mass is 16.5. The minimum atomic E-state index is -0.781. The summed E-state index contributed by atoms with van der Waals surface area (Å²) in [5, 5.41) is 11.6. The number of hydrogen-bond donors (Lipinski definition) is 1. The molecule has 216 valence electrons. The Morgan fingerprint density at radius 2 is 1.71 bits per heavy atom. The van der Waals surface area contributed by atoms with E-state index >= 15 is 0 Å². The van der Waals surface area contributed by atoms with Crippen molar-refractivity contribution in [3.05, 3.63) is 101 Å². The summed E-state index contributed by atoms with van der Waals surface area (Å²) in [6.45, 7) is 9.71. The van der Waals surface area contributed by atoms with E-state index in [0.717, 1.165) is 16.9 Å². The van der Waals surface area contributed by atoms with Crippen LogP contribution in [0.2, 0.25) is 0 Å². The molecule has 7 heteroatoms. The van der Waals surface area contributed by atoms with Crippen LogP contribution in [0.1, 0.15) is 62.4 Å². The van der Waals surface area contributed by atoms with E-state index in [1.54, 1.807) is 19.2 Å². The van der Waals surface area contributed by atoms with Gasteiger partial charge >= 0.3 is 0 Å². The number of aliphatic hydroxyl groups excluding tert-OH is 1. The average molecular weight is 558 g/mol. The number of Topliss-reactive ketones (excluding diaryl/α,β-unsaturated/α-hetero) is 1. The topological polar surface area (TPSA) is 85.3 Å². The molecule has 0 spiro atoms. The number of ether oxygens (including phenoxy) is 3. The molecular weight excluding hydrogens is 518 g/mol.